The van der Waals surface area contributed by atoms with Crippen molar-refractivity contribution in [2.75, 3.05) is 23.9 Å². The zero-order chi connectivity index (χ0) is 23.1. The van der Waals surface area contributed by atoms with E-state index in [1.807, 2.05) is 4.90 Å². The monoisotopic (exact) mass is 465 g/mol. The maximum absolute atomic E-state index is 14.0. The third kappa shape index (κ3) is 2.40. The molecule has 4 atom stereocenters. The molecule has 3 saturated heterocycles. The van der Waals surface area contributed by atoms with Crippen LogP contribution in [-0.4, -0.2) is 48.3 Å². The average Bonchev–Trinajstić information content (AvgIpc) is 3.52. The van der Waals surface area contributed by atoms with Gasteiger partial charge in [0.1, 0.15) is 5.54 Å². The average molecular weight is 466 g/mol. The maximum atomic E-state index is 14.0. The third-order valence-corrected chi connectivity index (χ3v) is 7.74. The quantitative estimate of drug-likeness (QED) is 0.541. The van der Waals surface area contributed by atoms with Gasteiger partial charge in [-0.05, 0) is 49.7 Å². The second-order valence-electron chi connectivity index (χ2n) is 8.84. The van der Waals surface area contributed by atoms with Crippen LogP contribution in [0.3, 0.4) is 0 Å². The number of ether oxygens (including phenoxy) is 1. The molecule has 0 saturated carbocycles. The van der Waals surface area contributed by atoms with Crippen molar-refractivity contribution >= 4 is 46.7 Å². The first-order chi connectivity index (χ1) is 15.9. The Hall–Kier alpha value is -3.23. The molecule has 1 N–H and O–H groups in total. The van der Waals surface area contributed by atoms with E-state index in [9.17, 15) is 19.2 Å². The minimum atomic E-state index is -1.31. The SMILES string of the molecule is COC(=O)c1ccccc1N1C(=O)[C@@H]2[C@@H]3CCCN3[C@@]3(C(=O)Nc4ccc(Cl)cc43)[C@H]2C1=O. The summed E-state index contributed by atoms with van der Waals surface area (Å²) in [6.45, 7) is 0.607. The number of nitrogens with one attached hydrogen (secondary N) is 1. The Morgan fingerprint density at radius 1 is 1.15 bits per heavy atom. The number of fused-ring (bicyclic) bond motifs is 7. The summed E-state index contributed by atoms with van der Waals surface area (Å²) < 4.78 is 4.87. The summed E-state index contributed by atoms with van der Waals surface area (Å²) in [4.78, 5) is 56.9. The summed E-state index contributed by atoms with van der Waals surface area (Å²) in [6.07, 6.45) is 1.52. The van der Waals surface area contributed by atoms with E-state index < -0.39 is 35.2 Å². The number of imide groups is 1. The number of nitrogens with zero attached hydrogens (tertiary/aromatic N) is 2. The van der Waals surface area contributed by atoms with E-state index in [-0.39, 0.29) is 23.2 Å². The summed E-state index contributed by atoms with van der Waals surface area (Å²) in [5.41, 5.74) is 0.220. The number of carbonyl (C=O) groups excluding carboxylic acids is 4. The molecule has 8 nitrogen and oxygen atoms in total. The lowest BCUT2D eigenvalue weighted by atomic mass is 9.75. The zero-order valence-corrected chi connectivity index (χ0v) is 18.5. The molecule has 0 aliphatic carbocycles. The minimum absolute atomic E-state index is 0.123. The van der Waals surface area contributed by atoms with E-state index in [2.05, 4.69) is 5.32 Å². The highest BCUT2D eigenvalue weighted by atomic mass is 35.5. The first kappa shape index (κ1) is 20.4. The van der Waals surface area contributed by atoms with Crippen molar-refractivity contribution < 1.29 is 23.9 Å². The van der Waals surface area contributed by atoms with Gasteiger partial charge in [-0.2, -0.15) is 0 Å². The van der Waals surface area contributed by atoms with Crippen molar-refractivity contribution in [3.63, 3.8) is 0 Å². The molecule has 4 heterocycles. The Balaban J connectivity index is 1.55. The molecule has 4 aliphatic heterocycles. The normalized spacial score (nSPS) is 29.9. The summed E-state index contributed by atoms with van der Waals surface area (Å²) in [6, 6.07) is 11.3. The molecule has 0 bridgehead atoms. The number of amides is 3. The number of esters is 1. The second-order valence-corrected chi connectivity index (χ2v) is 9.27. The number of carbonyl (C=O) groups is 4. The molecule has 4 aliphatic rings. The van der Waals surface area contributed by atoms with Crippen LogP contribution in [0.1, 0.15) is 28.8 Å². The van der Waals surface area contributed by atoms with Crippen molar-refractivity contribution in [1.82, 2.24) is 4.90 Å². The third-order valence-electron chi connectivity index (χ3n) is 7.50. The fourth-order valence-electron chi connectivity index (χ4n) is 6.36. The summed E-state index contributed by atoms with van der Waals surface area (Å²) in [5.74, 6) is -3.45. The lowest BCUT2D eigenvalue weighted by molar-refractivity contribution is -0.135. The topological polar surface area (TPSA) is 96.0 Å². The van der Waals surface area contributed by atoms with E-state index in [0.717, 1.165) is 11.3 Å². The molecule has 33 heavy (non-hydrogen) atoms. The molecule has 2 aromatic carbocycles. The van der Waals surface area contributed by atoms with E-state index >= 15 is 0 Å². The molecule has 6 rings (SSSR count). The lowest BCUT2D eigenvalue weighted by Crippen LogP contribution is -2.54. The van der Waals surface area contributed by atoms with E-state index in [1.54, 1.807) is 36.4 Å². The van der Waals surface area contributed by atoms with Crippen LogP contribution in [0.4, 0.5) is 11.4 Å². The van der Waals surface area contributed by atoms with E-state index in [4.69, 9.17) is 16.3 Å². The van der Waals surface area contributed by atoms with E-state index in [0.29, 0.717) is 29.2 Å². The highest BCUT2D eigenvalue weighted by molar-refractivity contribution is 6.31. The minimum Gasteiger partial charge on any atom is -0.465 e. The maximum Gasteiger partial charge on any atom is 0.339 e. The van der Waals surface area contributed by atoms with Crippen molar-refractivity contribution in [3.05, 3.63) is 58.6 Å². The van der Waals surface area contributed by atoms with Gasteiger partial charge in [0.05, 0.1) is 30.2 Å². The smallest absolute Gasteiger partial charge is 0.339 e. The molecule has 168 valence electrons. The van der Waals surface area contributed by atoms with Crippen LogP contribution in [0.2, 0.25) is 5.02 Å². The summed E-state index contributed by atoms with van der Waals surface area (Å²) >= 11 is 6.31. The van der Waals surface area contributed by atoms with Gasteiger partial charge < -0.3 is 10.1 Å². The van der Waals surface area contributed by atoms with Crippen molar-refractivity contribution in [3.8, 4) is 0 Å². The molecule has 3 amide bonds. The standard InChI is InChI=1S/C24H20ClN3O5/c1-33-22(31)13-5-2-3-6-16(13)28-20(29)18-17-7-4-10-27(17)24(19(18)21(28)30)14-11-12(25)8-9-15(14)26-23(24)32/h2-3,5-6,8-9,11,17-19H,4,7,10H2,1H3,(H,26,32)/t17-,18+,19+,24+/m0/s1. The molecular formula is C24H20ClN3O5. The van der Waals surface area contributed by atoms with E-state index in [1.165, 1.54) is 13.2 Å². The van der Waals surface area contributed by atoms with Crippen LogP contribution in [-0.2, 0) is 24.7 Å². The van der Waals surface area contributed by atoms with Crippen LogP contribution in [0.15, 0.2) is 42.5 Å². The van der Waals surface area contributed by atoms with Gasteiger partial charge in [0, 0.05) is 22.3 Å². The predicted octanol–water partition coefficient (Wildman–Crippen LogP) is 2.56. The molecule has 9 heteroatoms. The van der Waals surface area contributed by atoms with Crippen LogP contribution >= 0.6 is 11.6 Å². The number of methoxy groups -OCH3 is 1. The Bertz CT molecular complexity index is 1260. The summed E-state index contributed by atoms with van der Waals surface area (Å²) in [5, 5.41) is 3.37. The molecule has 2 aromatic rings. The molecule has 3 fully saturated rings. The molecule has 0 radical (unpaired) electrons. The van der Waals surface area contributed by atoms with Gasteiger partial charge >= 0.3 is 5.97 Å². The number of halogens is 1. The Morgan fingerprint density at radius 2 is 1.94 bits per heavy atom. The van der Waals surface area contributed by atoms with Gasteiger partial charge in [-0.15, -0.1) is 0 Å². The molecular weight excluding hydrogens is 446 g/mol. The predicted molar refractivity (Wildman–Crippen MR) is 119 cm³/mol. The highest BCUT2D eigenvalue weighted by Crippen LogP contribution is 2.61. The largest absolute Gasteiger partial charge is 0.465 e. The lowest BCUT2D eigenvalue weighted by Gasteiger charge is -2.36. The van der Waals surface area contributed by atoms with Gasteiger partial charge in [-0.3, -0.25) is 19.3 Å². The Labute approximate surface area is 194 Å². The number of benzene rings is 2. The summed E-state index contributed by atoms with van der Waals surface area (Å²) in [7, 11) is 1.25. The van der Waals surface area contributed by atoms with Crippen LogP contribution in [0, 0.1) is 11.8 Å². The number of anilines is 2. The van der Waals surface area contributed by atoms with Gasteiger partial charge in [-0.1, -0.05) is 23.7 Å². The van der Waals surface area contributed by atoms with Crippen LogP contribution in [0.25, 0.3) is 0 Å². The Morgan fingerprint density at radius 3 is 2.73 bits per heavy atom. The fraction of sp³-hybridized carbons (Fsp3) is 0.333. The second kappa shape index (κ2) is 6.88. The van der Waals surface area contributed by atoms with Crippen molar-refractivity contribution in [1.29, 1.82) is 0 Å². The fourth-order valence-corrected chi connectivity index (χ4v) is 6.54. The Kier molecular flexibility index (Phi) is 4.25. The number of hydrogen-bond acceptors (Lipinski definition) is 6. The van der Waals surface area contributed by atoms with Gasteiger partial charge in [0.15, 0.2) is 0 Å². The van der Waals surface area contributed by atoms with Gasteiger partial charge in [0.25, 0.3) is 0 Å². The van der Waals surface area contributed by atoms with Crippen molar-refractivity contribution in [2.45, 2.75) is 24.4 Å². The zero-order valence-electron chi connectivity index (χ0n) is 17.7. The van der Waals surface area contributed by atoms with Crippen LogP contribution < -0.4 is 10.2 Å². The molecule has 0 unspecified atom stereocenters. The first-order valence-electron chi connectivity index (χ1n) is 10.8. The molecule has 1 spiro atoms. The van der Waals surface area contributed by atoms with Crippen LogP contribution in [0.5, 0.6) is 0 Å². The number of hydrogen-bond donors (Lipinski definition) is 1. The molecule has 0 aromatic heterocycles. The van der Waals surface area contributed by atoms with Gasteiger partial charge in [-0.25, -0.2) is 9.69 Å². The van der Waals surface area contributed by atoms with Gasteiger partial charge in [0.2, 0.25) is 17.7 Å². The number of para-hydroxylation sites is 1. The number of rotatable bonds is 2. The highest BCUT2D eigenvalue weighted by Gasteiger charge is 2.74. The van der Waals surface area contributed by atoms with Crippen molar-refractivity contribution in [2.24, 2.45) is 11.8 Å². The first-order valence-corrected chi connectivity index (χ1v) is 11.2.